The van der Waals surface area contributed by atoms with Crippen molar-refractivity contribution in [2.24, 2.45) is 5.73 Å². The van der Waals surface area contributed by atoms with Gasteiger partial charge in [-0.2, -0.15) is 0 Å². The molecule has 0 radical (unpaired) electrons. The Hall–Kier alpha value is -1.73. The maximum atomic E-state index is 11.8. The van der Waals surface area contributed by atoms with E-state index in [-0.39, 0.29) is 10.9 Å². The minimum Gasteiger partial charge on any atom is -0.389 e. The lowest BCUT2D eigenvalue weighted by Crippen LogP contribution is -2.39. The zero-order chi connectivity index (χ0) is 14.3. The summed E-state index contributed by atoms with van der Waals surface area (Å²) >= 11 is 4.95. The fourth-order valence-electron chi connectivity index (χ4n) is 1.45. The molecule has 1 heterocycles. The SMILES string of the molecule is COCCNC(=O)C(C)Nc1cnccc1C(N)=S. The standard InChI is InChI=1S/C12H18N4O2S/c1-8(12(17)15-5-6-18-2)16-10-7-14-4-3-9(10)11(13)19/h3-4,7-8,16H,5-6H2,1-2H3,(H2,13,19)(H,15,17). The van der Waals surface area contributed by atoms with Crippen molar-refractivity contribution in [2.75, 3.05) is 25.6 Å². The van der Waals surface area contributed by atoms with Crippen molar-refractivity contribution in [3.8, 4) is 0 Å². The van der Waals surface area contributed by atoms with Crippen molar-refractivity contribution in [2.45, 2.75) is 13.0 Å². The van der Waals surface area contributed by atoms with Gasteiger partial charge in [0.1, 0.15) is 11.0 Å². The van der Waals surface area contributed by atoms with Crippen LogP contribution in [0.4, 0.5) is 5.69 Å². The topological polar surface area (TPSA) is 89.3 Å². The number of methoxy groups -OCH3 is 1. The number of anilines is 1. The Bertz CT molecular complexity index is 453. The molecule has 0 aromatic carbocycles. The van der Waals surface area contributed by atoms with Crippen molar-refractivity contribution >= 4 is 28.8 Å². The highest BCUT2D eigenvalue weighted by Crippen LogP contribution is 2.14. The molecule has 1 atom stereocenters. The molecule has 0 fully saturated rings. The van der Waals surface area contributed by atoms with Gasteiger partial charge >= 0.3 is 0 Å². The predicted octanol–water partition coefficient (Wildman–Crippen LogP) is 0.279. The number of nitrogens with one attached hydrogen (secondary N) is 2. The molecule has 104 valence electrons. The van der Waals surface area contributed by atoms with E-state index >= 15 is 0 Å². The first-order valence-corrected chi connectivity index (χ1v) is 6.24. The number of nitrogens with two attached hydrogens (primary N) is 1. The molecule has 0 saturated heterocycles. The molecule has 0 aliphatic heterocycles. The number of carbonyl (C=O) groups is 1. The van der Waals surface area contributed by atoms with Crippen molar-refractivity contribution in [1.29, 1.82) is 0 Å². The number of aromatic nitrogens is 1. The van der Waals surface area contributed by atoms with Gasteiger partial charge in [-0.3, -0.25) is 9.78 Å². The van der Waals surface area contributed by atoms with Crippen LogP contribution in [0.2, 0.25) is 0 Å². The summed E-state index contributed by atoms with van der Waals surface area (Å²) in [5, 5.41) is 5.78. The van der Waals surface area contributed by atoms with E-state index in [0.717, 1.165) is 0 Å². The first-order chi connectivity index (χ1) is 9.06. The summed E-state index contributed by atoms with van der Waals surface area (Å²) in [6.07, 6.45) is 3.19. The zero-order valence-electron chi connectivity index (χ0n) is 11.0. The van der Waals surface area contributed by atoms with Crippen LogP contribution in [0.5, 0.6) is 0 Å². The predicted molar refractivity (Wildman–Crippen MR) is 78.1 cm³/mol. The fourth-order valence-corrected chi connectivity index (χ4v) is 1.63. The quantitative estimate of drug-likeness (QED) is 0.492. The molecule has 1 rings (SSSR count). The molecule has 0 spiro atoms. The lowest BCUT2D eigenvalue weighted by atomic mass is 10.2. The highest BCUT2D eigenvalue weighted by molar-refractivity contribution is 7.80. The third kappa shape index (κ3) is 4.80. The van der Waals surface area contributed by atoms with Gasteiger partial charge in [-0.15, -0.1) is 0 Å². The molecular weight excluding hydrogens is 264 g/mol. The molecule has 1 unspecified atom stereocenters. The minimum atomic E-state index is -0.422. The number of pyridine rings is 1. The maximum Gasteiger partial charge on any atom is 0.242 e. The third-order valence-electron chi connectivity index (χ3n) is 2.46. The number of carbonyl (C=O) groups excluding carboxylic acids is 1. The van der Waals surface area contributed by atoms with Crippen LogP contribution in [0.3, 0.4) is 0 Å². The smallest absolute Gasteiger partial charge is 0.242 e. The summed E-state index contributed by atoms with van der Waals surface area (Å²) in [5.74, 6) is -0.130. The molecule has 7 heteroatoms. The molecule has 0 aliphatic rings. The fraction of sp³-hybridized carbons (Fsp3) is 0.417. The van der Waals surface area contributed by atoms with E-state index < -0.39 is 6.04 Å². The van der Waals surface area contributed by atoms with Gasteiger partial charge in [0.25, 0.3) is 0 Å². The Kier molecular flexibility index (Phi) is 6.17. The van der Waals surface area contributed by atoms with Crippen LogP contribution in [0.25, 0.3) is 0 Å². The van der Waals surface area contributed by atoms with Crippen molar-refractivity contribution in [1.82, 2.24) is 10.3 Å². The number of hydrogen-bond donors (Lipinski definition) is 3. The Morgan fingerprint density at radius 1 is 1.63 bits per heavy atom. The number of rotatable bonds is 7. The molecule has 4 N–H and O–H groups in total. The van der Waals surface area contributed by atoms with Crippen LogP contribution < -0.4 is 16.4 Å². The largest absolute Gasteiger partial charge is 0.389 e. The van der Waals surface area contributed by atoms with E-state index in [1.807, 2.05) is 0 Å². The van der Waals surface area contributed by atoms with Crippen molar-refractivity contribution in [3.63, 3.8) is 0 Å². The molecule has 6 nitrogen and oxygen atoms in total. The van der Waals surface area contributed by atoms with E-state index in [0.29, 0.717) is 24.4 Å². The van der Waals surface area contributed by atoms with Gasteiger partial charge in [-0.25, -0.2) is 0 Å². The van der Waals surface area contributed by atoms with E-state index in [1.54, 1.807) is 32.5 Å². The first-order valence-electron chi connectivity index (χ1n) is 5.83. The van der Waals surface area contributed by atoms with Gasteiger partial charge in [-0.1, -0.05) is 12.2 Å². The second-order valence-corrected chi connectivity index (χ2v) is 4.38. The van der Waals surface area contributed by atoms with Gasteiger partial charge in [0.2, 0.25) is 5.91 Å². The number of ether oxygens (including phenoxy) is 1. The Balaban J connectivity index is 2.63. The highest BCUT2D eigenvalue weighted by atomic mass is 32.1. The van der Waals surface area contributed by atoms with Crippen LogP contribution in [0.1, 0.15) is 12.5 Å². The van der Waals surface area contributed by atoms with E-state index in [2.05, 4.69) is 15.6 Å². The number of hydrogen-bond acceptors (Lipinski definition) is 5. The number of amides is 1. The van der Waals surface area contributed by atoms with E-state index in [1.165, 1.54) is 0 Å². The molecule has 1 aromatic rings. The highest BCUT2D eigenvalue weighted by Gasteiger charge is 2.14. The van der Waals surface area contributed by atoms with Crippen LogP contribution in [0, 0.1) is 0 Å². The van der Waals surface area contributed by atoms with Gasteiger partial charge in [0.15, 0.2) is 0 Å². The normalized spacial score (nSPS) is 11.7. The second-order valence-electron chi connectivity index (χ2n) is 3.94. The van der Waals surface area contributed by atoms with Crippen LogP contribution in [-0.4, -0.2) is 42.2 Å². The molecule has 0 saturated carbocycles. The monoisotopic (exact) mass is 282 g/mol. The Labute approximate surface area is 117 Å². The zero-order valence-corrected chi connectivity index (χ0v) is 11.8. The lowest BCUT2D eigenvalue weighted by Gasteiger charge is -2.17. The van der Waals surface area contributed by atoms with E-state index in [9.17, 15) is 4.79 Å². The molecule has 1 amide bonds. The molecular formula is C12H18N4O2S. The summed E-state index contributed by atoms with van der Waals surface area (Å²) in [6.45, 7) is 2.69. The molecule has 0 aliphatic carbocycles. The number of thiocarbonyl (C=S) groups is 1. The Morgan fingerprint density at radius 3 is 3.00 bits per heavy atom. The summed E-state index contributed by atoms with van der Waals surface area (Å²) in [6, 6.07) is 1.29. The van der Waals surface area contributed by atoms with Gasteiger partial charge in [0, 0.05) is 25.4 Å². The van der Waals surface area contributed by atoms with Crippen molar-refractivity contribution in [3.05, 3.63) is 24.0 Å². The maximum absolute atomic E-state index is 11.8. The minimum absolute atomic E-state index is 0.130. The first kappa shape index (κ1) is 15.3. The second kappa shape index (κ2) is 7.65. The average Bonchev–Trinajstić information content (AvgIpc) is 2.39. The van der Waals surface area contributed by atoms with Crippen molar-refractivity contribution < 1.29 is 9.53 Å². The number of nitrogens with zero attached hydrogens (tertiary/aromatic N) is 1. The van der Waals surface area contributed by atoms with E-state index in [4.69, 9.17) is 22.7 Å². The summed E-state index contributed by atoms with van der Waals surface area (Å²) < 4.78 is 4.86. The molecule has 1 aromatic heterocycles. The van der Waals surface area contributed by atoms with Crippen LogP contribution >= 0.6 is 12.2 Å². The van der Waals surface area contributed by atoms with Gasteiger partial charge in [0.05, 0.1) is 18.5 Å². The van der Waals surface area contributed by atoms with Crippen LogP contribution in [0.15, 0.2) is 18.5 Å². The van der Waals surface area contributed by atoms with Gasteiger partial charge in [-0.05, 0) is 13.0 Å². The summed E-state index contributed by atoms with van der Waals surface area (Å²) in [7, 11) is 1.58. The third-order valence-corrected chi connectivity index (χ3v) is 2.68. The van der Waals surface area contributed by atoms with Gasteiger partial charge < -0.3 is 21.1 Å². The molecule has 0 bridgehead atoms. The lowest BCUT2D eigenvalue weighted by molar-refractivity contribution is -0.121. The summed E-state index contributed by atoms with van der Waals surface area (Å²) in [5.41, 5.74) is 6.92. The van der Waals surface area contributed by atoms with Crippen LogP contribution in [-0.2, 0) is 9.53 Å². The Morgan fingerprint density at radius 2 is 2.37 bits per heavy atom. The average molecular weight is 282 g/mol. The molecule has 19 heavy (non-hydrogen) atoms. The summed E-state index contributed by atoms with van der Waals surface area (Å²) in [4.78, 5) is 16.0.